The van der Waals surface area contributed by atoms with E-state index in [0.717, 1.165) is 22.7 Å². The lowest BCUT2D eigenvalue weighted by Crippen LogP contribution is -2.25. The number of fused-ring (bicyclic) bond motifs is 9. The molecule has 12 aromatic carbocycles. The molecule has 2 N–H and O–H groups in total. The van der Waals surface area contributed by atoms with Crippen LogP contribution in [0.1, 0.15) is 115 Å². The minimum Gasteiger partial charge on any atom is -0.356 e. The third kappa shape index (κ3) is 11.8. The van der Waals surface area contributed by atoms with Gasteiger partial charge in [0, 0.05) is 61.1 Å². The summed E-state index contributed by atoms with van der Waals surface area (Å²) in [6.45, 7) is 4.65. The molecule has 0 bridgehead atoms. The number of unbranched alkanes of at least 4 members (excludes halogenated alkanes) is 10. The second-order valence-electron chi connectivity index (χ2n) is 26.0. The molecule has 0 fully saturated rings. The summed E-state index contributed by atoms with van der Waals surface area (Å²) in [5.74, 6) is 0. The van der Waals surface area contributed by atoms with Crippen molar-refractivity contribution in [3.63, 3.8) is 0 Å². The highest BCUT2D eigenvalue weighted by atomic mass is 15.0. The average Bonchev–Trinajstić information content (AvgIpc) is 1.57. The number of aromatic nitrogens is 2. The van der Waals surface area contributed by atoms with Gasteiger partial charge in [-0.2, -0.15) is 0 Å². The number of nitrogens with one attached hydrogen (secondary N) is 2. The summed E-state index contributed by atoms with van der Waals surface area (Å²) in [5, 5.41) is 12.5. The highest BCUT2D eigenvalue weighted by molar-refractivity contribution is 6.11. The van der Waals surface area contributed by atoms with Gasteiger partial charge in [0.25, 0.3) is 0 Å². The van der Waals surface area contributed by atoms with Crippen LogP contribution >= 0.6 is 0 Å². The molecule has 93 heavy (non-hydrogen) atoms. The van der Waals surface area contributed by atoms with Crippen LogP contribution in [0.5, 0.6) is 0 Å². The molecule has 0 spiro atoms. The van der Waals surface area contributed by atoms with Gasteiger partial charge in [-0.05, 0) is 201 Å². The Morgan fingerprint density at radius 1 is 0.258 bits per heavy atom. The van der Waals surface area contributed by atoms with Crippen LogP contribution < -0.4 is 10.6 Å². The Labute approximate surface area is 549 Å². The molecular weight excluding hydrogens is 1130 g/mol. The van der Waals surface area contributed by atoms with Crippen LogP contribution in [0.25, 0.3) is 111 Å². The Balaban J connectivity index is 0.674. The van der Waals surface area contributed by atoms with Crippen LogP contribution in [0.3, 0.4) is 0 Å². The molecule has 14 aromatic rings. The molecule has 0 saturated carbocycles. The van der Waals surface area contributed by atoms with E-state index in [9.17, 15) is 0 Å². The fourth-order valence-corrected chi connectivity index (χ4v) is 15.3. The molecule has 0 saturated heterocycles. The molecule has 15 rings (SSSR count). The summed E-state index contributed by atoms with van der Waals surface area (Å²) in [5.41, 5.74) is 27.3. The minimum absolute atomic E-state index is 0.0624. The lowest BCUT2D eigenvalue weighted by molar-refractivity contribution is 0.398. The molecule has 0 atom stereocenters. The fraction of sp³-hybridized carbons (Fsp3) is 0.191. The molecule has 458 valence electrons. The van der Waals surface area contributed by atoms with Gasteiger partial charge in [0.1, 0.15) is 0 Å². The van der Waals surface area contributed by atoms with E-state index in [-0.39, 0.29) is 5.41 Å². The molecule has 0 radical (unpaired) electrons. The van der Waals surface area contributed by atoms with Gasteiger partial charge in [-0.3, -0.25) is 0 Å². The quantitative estimate of drug-likeness (QED) is 0.0591. The van der Waals surface area contributed by atoms with E-state index in [0.29, 0.717) is 0 Å². The lowest BCUT2D eigenvalue weighted by Gasteiger charge is -2.33. The van der Waals surface area contributed by atoms with E-state index >= 15 is 0 Å². The highest BCUT2D eigenvalue weighted by Crippen LogP contribution is 2.56. The summed E-state index contributed by atoms with van der Waals surface area (Å²) in [7, 11) is 0. The zero-order valence-electron chi connectivity index (χ0n) is 53.9. The minimum atomic E-state index is -0.0624. The van der Waals surface area contributed by atoms with Gasteiger partial charge in [-0.15, -0.1) is 0 Å². The summed E-state index contributed by atoms with van der Waals surface area (Å²) in [6, 6.07) is 104. The first-order valence-corrected chi connectivity index (χ1v) is 34.4. The third-order valence-electron chi connectivity index (χ3n) is 20.1. The van der Waals surface area contributed by atoms with Gasteiger partial charge < -0.3 is 19.8 Å². The zero-order valence-corrected chi connectivity index (χ0v) is 53.9. The first-order valence-electron chi connectivity index (χ1n) is 34.4. The van der Waals surface area contributed by atoms with Crippen molar-refractivity contribution in [3.8, 4) is 67.0 Å². The van der Waals surface area contributed by atoms with E-state index < -0.39 is 0 Å². The van der Waals surface area contributed by atoms with E-state index in [1.54, 1.807) is 0 Å². The second kappa shape index (κ2) is 26.6. The Bertz CT molecular complexity index is 4580. The normalized spacial score (nSPS) is 12.5. The van der Waals surface area contributed by atoms with Crippen LogP contribution in [0.15, 0.2) is 279 Å². The van der Waals surface area contributed by atoms with Gasteiger partial charge in [-0.25, -0.2) is 0 Å². The number of anilines is 4. The number of nitrogens with zero attached hydrogens (tertiary/aromatic N) is 2. The highest BCUT2D eigenvalue weighted by Gasteiger charge is 2.43. The Morgan fingerprint density at radius 2 is 0.559 bits per heavy atom. The van der Waals surface area contributed by atoms with Crippen molar-refractivity contribution in [1.29, 1.82) is 0 Å². The molecule has 4 heteroatoms. The number of para-hydroxylation sites is 4. The third-order valence-corrected chi connectivity index (χ3v) is 20.1. The van der Waals surface area contributed by atoms with Crippen molar-refractivity contribution in [2.75, 3.05) is 10.6 Å². The molecule has 0 unspecified atom stereocenters. The number of benzene rings is 12. The maximum absolute atomic E-state index is 3.73. The zero-order chi connectivity index (χ0) is 62.5. The van der Waals surface area contributed by atoms with Crippen molar-refractivity contribution in [1.82, 2.24) is 9.13 Å². The van der Waals surface area contributed by atoms with Gasteiger partial charge >= 0.3 is 0 Å². The molecule has 1 aliphatic carbocycles. The Kier molecular flexibility index (Phi) is 16.9. The molecule has 2 aromatic heterocycles. The van der Waals surface area contributed by atoms with Crippen LogP contribution in [0.4, 0.5) is 22.7 Å². The van der Waals surface area contributed by atoms with Crippen molar-refractivity contribution < 1.29 is 0 Å². The average molecular weight is 1210 g/mol. The second-order valence-corrected chi connectivity index (χ2v) is 26.0. The van der Waals surface area contributed by atoms with Gasteiger partial charge in [0.15, 0.2) is 0 Å². The molecular formula is C89H82N4. The van der Waals surface area contributed by atoms with Gasteiger partial charge in [0.2, 0.25) is 0 Å². The van der Waals surface area contributed by atoms with Crippen molar-refractivity contribution >= 4 is 66.4 Å². The number of hydrogen-bond acceptors (Lipinski definition) is 2. The molecule has 2 heterocycles. The predicted octanol–water partition coefficient (Wildman–Crippen LogP) is 25.8. The number of hydrogen-bond donors (Lipinski definition) is 2. The first-order chi connectivity index (χ1) is 46.0. The predicted molar refractivity (Wildman–Crippen MR) is 399 cm³/mol. The lowest BCUT2D eigenvalue weighted by atomic mass is 9.70. The van der Waals surface area contributed by atoms with Gasteiger partial charge in [0.05, 0.1) is 22.1 Å². The van der Waals surface area contributed by atoms with Crippen molar-refractivity contribution in [3.05, 3.63) is 290 Å². The summed E-state index contributed by atoms with van der Waals surface area (Å²) >= 11 is 0. The maximum Gasteiger partial charge on any atom is 0.0541 e. The van der Waals surface area contributed by atoms with Crippen LogP contribution in [0.2, 0.25) is 0 Å². The van der Waals surface area contributed by atoms with Crippen LogP contribution in [0, 0.1) is 0 Å². The van der Waals surface area contributed by atoms with Crippen molar-refractivity contribution in [2.45, 2.75) is 109 Å². The maximum atomic E-state index is 3.73. The van der Waals surface area contributed by atoms with E-state index in [4.69, 9.17) is 0 Å². The van der Waals surface area contributed by atoms with Crippen molar-refractivity contribution in [2.24, 2.45) is 0 Å². The largest absolute Gasteiger partial charge is 0.356 e. The molecule has 1 aliphatic rings. The van der Waals surface area contributed by atoms with E-state index in [1.807, 2.05) is 0 Å². The Hall–Kier alpha value is -10.2. The van der Waals surface area contributed by atoms with Crippen LogP contribution in [-0.4, -0.2) is 9.13 Å². The Morgan fingerprint density at radius 3 is 0.935 bits per heavy atom. The van der Waals surface area contributed by atoms with E-state index in [1.165, 1.54) is 212 Å². The first kappa shape index (κ1) is 59.2. The monoisotopic (exact) mass is 1210 g/mol. The molecule has 0 amide bonds. The smallest absolute Gasteiger partial charge is 0.0541 e. The standard InChI is InChI=1S/C89H82N4/c1-3-5-7-9-11-23-57-89(58-24-12-10-8-6-4-2)83-61-69(65-37-49-73(50-38-65)90-71-45-33-63(34-46-71)67-43-55-87-81(59-67)79-29-19-21-31-85(79)92(87)75-25-15-13-16-26-75)41-53-77(83)78-54-42-70(62-84(78)89)66-39-51-74(52-40-66)91-72-47-35-64(36-48-72)68-44-56-88-82(60-68)80-30-20-22-32-86(80)93(88)76-27-17-14-18-28-76/h13-22,25-56,59-62,90-91H,3-12,23-24,57-58H2,1-2H3. The fourth-order valence-electron chi connectivity index (χ4n) is 15.3. The van der Waals surface area contributed by atoms with Gasteiger partial charge in [-0.1, -0.05) is 249 Å². The summed E-state index contributed by atoms with van der Waals surface area (Å²) < 4.78 is 4.75. The SMILES string of the molecule is CCCCCCCCC1(CCCCCCCC)c2cc(-c3ccc(Nc4ccc(-c5ccc6c(c5)c5ccccc5n6-c5ccccc5)cc4)cc3)ccc2-c2ccc(-c3ccc(Nc4ccc(-c5ccc6c(c5)c5ccccc5n6-c5ccccc5)cc4)cc3)cc21. The summed E-state index contributed by atoms with van der Waals surface area (Å²) in [4.78, 5) is 0. The molecule has 0 aliphatic heterocycles. The van der Waals surface area contributed by atoms with Crippen LogP contribution in [-0.2, 0) is 5.41 Å². The summed E-state index contributed by atoms with van der Waals surface area (Å²) in [6.07, 6.45) is 17.9. The topological polar surface area (TPSA) is 33.9 Å². The molecule has 4 nitrogen and oxygen atoms in total. The van der Waals surface area contributed by atoms with E-state index in [2.05, 4.69) is 313 Å². The number of rotatable bonds is 24.